The van der Waals surface area contributed by atoms with Crippen molar-refractivity contribution in [1.29, 1.82) is 0 Å². The van der Waals surface area contributed by atoms with Gasteiger partial charge in [-0.3, -0.25) is 0 Å². The lowest BCUT2D eigenvalue weighted by molar-refractivity contribution is 1.18. The Bertz CT molecular complexity index is 2870. The number of para-hydroxylation sites is 4. The second-order valence-corrected chi connectivity index (χ2v) is 13.8. The van der Waals surface area contributed by atoms with Crippen LogP contribution in [0.3, 0.4) is 0 Å². The van der Waals surface area contributed by atoms with Gasteiger partial charge in [0.15, 0.2) is 0 Å². The van der Waals surface area contributed by atoms with Crippen molar-refractivity contribution < 1.29 is 0 Å². The molecule has 0 atom stereocenters. The summed E-state index contributed by atoms with van der Waals surface area (Å²) < 4.78 is 2.41. The van der Waals surface area contributed by atoms with Crippen molar-refractivity contribution in [3.8, 4) is 39.1 Å². The lowest BCUT2D eigenvalue weighted by Crippen LogP contribution is -2.09. The molecule has 0 unspecified atom stereocenters. The molecule has 10 rings (SSSR count). The molecule has 1 aromatic heterocycles. The van der Waals surface area contributed by atoms with E-state index >= 15 is 0 Å². The van der Waals surface area contributed by atoms with Crippen molar-refractivity contribution in [2.45, 2.75) is 0 Å². The Balaban J connectivity index is 0.982. The first kappa shape index (κ1) is 31.6. The predicted molar refractivity (Wildman–Crippen MR) is 229 cm³/mol. The molecule has 10 aromatic rings. The maximum Gasteiger partial charge on any atom is 0.0541 e. The van der Waals surface area contributed by atoms with Gasteiger partial charge < -0.3 is 9.47 Å². The number of hydrogen-bond donors (Lipinski definition) is 0. The van der Waals surface area contributed by atoms with Crippen LogP contribution < -0.4 is 4.90 Å². The van der Waals surface area contributed by atoms with Crippen molar-refractivity contribution >= 4 is 49.6 Å². The van der Waals surface area contributed by atoms with Crippen LogP contribution in [0.15, 0.2) is 218 Å². The fourth-order valence-electron chi connectivity index (χ4n) is 7.96. The van der Waals surface area contributed by atoms with E-state index in [-0.39, 0.29) is 0 Å². The van der Waals surface area contributed by atoms with Gasteiger partial charge in [0.05, 0.1) is 16.7 Å². The van der Waals surface area contributed by atoms with Gasteiger partial charge >= 0.3 is 0 Å². The average Bonchev–Trinajstić information content (AvgIpc) is 3.59. The third-order valence-electron chi connectivity index (χ3n) is 10.6. The SMILES string of the molecule is c1ccc(N(c2ccc(-c3ccc(-c4ccccc4-n4c5ccccc5c5ccccc54)cc3)cc2)c2cccc(-c3ccc4ccccc4c3)c2)cc1. The molecule has 9 aromatic carbocycles. The maximum absolute atomic E-state index is 2.41. The molecule has 1 heterocycles. The Labute approximate surface area is 315 Å². The summed E-state index contributed by atoms with van der Waals surface area (Å²) in [5.41, 5.74) is 14.1. The molecule has 0 saturated heterocycles. The fraction of sp³-hybridized carbons (Fsp3) is 0. The van der Waals surface area contributed by atoms with Gasteiger partial charge in [-0.15, -0.1) is 0 Å². The molecule has 0 radical (unpaired) electrons. The number of rotatable bonds is 7. The van der Waals surface area contributed by atoms with Gasteiger partial charge in [0, 0.05) is 33.4 Å². The summed E-state index contributed by atoms with van der Waals surface area (Å²) in [4.78, 5) is 2.34. The predicted octanol–water partition coefficient (Wildman–Crippen LogP) is 14.4. The highest BCUT2D eigenvalue weighted by Gasteiger charge is 2.16. The number of nitrogens with zero attached hydrogens (tertiary/aromatic N) is 2. The minimum atomic E-state index is 1.11. The quantitative estimate of drug-likeness (QED) is 0.162. The Morgan fingerprint density at radius 2 is 0.815 bits per heavy atom. The summed E-state index contributed by atoms with van der Waals surface area (Å²) in [5, 5.41) is 5.04. The van der Waals surface area contributed by atoms with Gasteiger partial charge in [-0.1, -0.05) is 158 Å². The summed E-state index contributed by atoms with van der Waals surface area (Å²) in [6, 6.07) is 78.8. The molecule has 0 fully saturated rings. The highest BCUT2D eigenvalue weighted by molar-refractivity contribution is 6.09. The van der Waals surface area contributed by atoms with Crippen LogP contribution in [0.5, 0.6) is 0 Å². The zero-order valence-corrected chi connectivity index (χ0v) is 29.7. The highest BCUT2D eigenvalue weighted by Crippen LogP contribution is 2.39. The smallest absolute Gasteiger partial charge is 0.0541 e. The number of anilines is 3. The Morgan fingerprint density at radius 3 is 1.56 bits per heavy atom. The molecule has 0 spiro atoms. The molecule has 0 saturated carbocycles. The molecule has 0 aliphatic heterocycles. The topological polar surface area (TPSA) is 8.17 Å². The van der Waals surface area contributed by atoms with E-state index in [2.05, 4.69) is 228 Å². The van der Waals surface area contributed by atoms with Crippen LogP contribution in [0.4, 0.5) is 17.1 Å². The largest absolute Gasteiger partial charge is 0.310 e. The summed E-state index contributed by atoms with van der Waals surface area (Å²) in [5.74, 6) is 0. The van der Waals surface area contributed by atoms with Crippen LogP contribution in [-0.2, 0) is 0 Å². The number of aromatic nitrogens is 1. The van der Waals surface area contributed by atoms with E-state index in [0.717, 1.165) is 17.1 Å². The maximum atomic E-state index is 2.41. The summed E-state index contributed by atoms with van der Waals surface area (Å²) in [7, 11) is 0. The molecule has 0 aliphatic rings. The van der Waals surface area contributed by atoms with E-state index in [1.807, 2.05) is 0 Å². The van der Waals surface area contributed by atoms with Gasteiger partial charge in [-0.05, 0) is 99.3 Å². The van der Waals surface area contributed by atoms with E-state index in [1.54, 1.807) is 0 Å². The van der Waals surface area contributed by atoms with Crippen molar-refractivity contribution in [2.24, 2.45) is 0 Å². The highest BCUT2D eigenvalue weighted by atomic mass is 15.1. The summed E-state index contributed by atoms with van der Waals surface area (Å²) in [6.07, 6.45) is 0. The number of hydrogen-bond acceptors (Lipinski definition) is 1. The second-order valence-electron chi connectivity index (χ2n) is 13.8. The standard InChI is InChI=1S/C52H36N2/c1-2-16-44(17-3-1)53(46-18-12-15-42(36-46)43-30-27-37-13-4-5-14-41(37)35-43)45-33-31-39(32-34-45)38-25-28-40(29-26-38)47-19-6-9-22-50(47)54-51-23-10-7-20-48(51)49-21-8-11-24-52(49)54/h1-36H. The zero-order valence-electron chi connectivity index (χ0n) is 29.7. The minimum absolute atomic E-state index is 1.11. The van der Waals surface area contributed by atoms with Gasteiger partial charge in [-0.2, -0.15) is 0 Å². The third kappa shape index (κ3) is 5.62. The first-order chi connectivity index (χ1) is 26.8. The van der Waals surface area contributed by atoms with Crippen LogP contribution in [0.2, 0.25) is 0 Å². The monoisotopic (exact) mass is 688 g/mol. The van der Waals surface area contributed by atoms with Crippen molar-refractivity contribution in [3.63, 3.8) is 0 Å². The lowest BCUT2D eigenvalue weighted by Gasteiger charge is -2.26. The lowest BCUT2D eigenvalue weighted by atomic mass is 9.98. The minimum Gasteiger partial charge on any atom is -0.310 e. The van der Waals surface area contributed by atoms with Crippen LogP contribution in [0.25, 0.3) is 71.6 Å². The molecule has 0 bridgehead atoms. The Kier molecular flexibility index (Phi) is 7.85. The van der Waals surface area contributed by atoms with Crippen molar-refractivity contribution in [3.05, 3.63) is 218 Å². The van der Waals surface area contributed by atoms with Crippen LogP contribution in [0.1, 0.15) is 0 Å². The van der Waals surface area contributed by atoms with E-state index < -0.39 is 0 Å². The number of benzene rings is 9. The van der Waals surface area contributed by atoms with Crippen LogP contribution in [0, 0.1) is 0 Å². The fourth-order valence-corrected chi connectivity index (χ4v) is 7.96. The molecule has 0 aliphatic carbocycles. The normalized spacial score (nSPS) is 11.3. The first-order valence-electron chi connectivity index (χ1n) is 18.5. The van der Waals surface area contributed by atoms with Gasteiger partial charge in [0.2, 0.25) is 0 Å². The summed E-state index contributed by atoms with van der Waals surface area (Å²) in [6.45, 7) is 0. The van der Waals surface area contributed by atoms with Crippen LogP contribution >= 0.6 is 0 Å². The average molecular weight is 689 g/mol. The molecular weight excluding hydrogens is 653 g/mol. The van der Waals surface area contributed by atoms with E-state index in [4.69, 9.17) is 0 Å². The van der Waals surface area contributed by atoms with Gasteiger partial charge in [0.1, 0.15) is 0 Å². The van der Waals surface area contributed by atoms with Crippen LogP contribution in [-0.4, -0.2) is 4.57 Å². The van der Waals surface area contributed by atoms with E-state index in [0.29, 0.717) is 0 Å². The Morgan fingerprint density at radius 1 is 0.296 bits per heavy atom. The van der Waals surface area contributed by atoms with E-state index in [1.165, 1.54) is 71.6 Å². The molecule has 2 heteroatoms. The van der Waals surface area contributed by atoms with Gasteiger partial charge in [0.25, 0.3) is 0 Å². The number of fused-ring (bicyclic) bond motifs is 4. The molecule has 0 N–H and O–H groups in total. The first-order valence-corrected chi connectivity index (χ1v) is 18.5. The van der Waals surface area contributed by atoms with E-state index in [9.17, 15) is 0 Å². The summed E-state index contributed by atoms with van der Waals surface area (Å²) >= 11 is 0. The molecule has 0 amide bonds. The van der Waals surface area contributed by atoms with Crippen molar-refractivity contribution in [2.75, 3.05) is 4.90 Å². The molecule has 254 valence electrons. The third-order valence-corrected chi connectivity index (χ3v) is 10.6. The zero-order chi connectivity index (χ0) is 35.8. The second kappa shape index (κ2) is 13.4. The Hall–Kier alpha value is -7.16. The molecule has 54 heavy (non-hydrogen) atoms. The molecule has 2 nitrogen and oxygen atoms in total. The molecular formula is C52H36N2. The van der Waals surface area contributed by atoms with Gasteiger partial charge in [-0.25, -0.2) is 0 Å². The van der Waals surface area contributed by atoms with Crippen molar-refractivity contribution in [1.82, 2.24) is 4.57 Å².